The Morgan fingerprint density at radius 1 is 1.02 bits per heavy atom. The van der Waals surface area contributed by atoms with Crippen molar-refractivity contribution >= 4 is 38.5 Å². The van der Waals surface area contributed by atoms with Gasteiger partial charge >= 0.3 is 6.09 Å². The smallest absolute Gasteiger partial charge is 0.405 e. The molecule has 3 aromatic rings. The van der Waals surface area contributed by atoms with Crippen molar-refractivity contribution < 1.29 is 32.6 Å². The van der Waals surface area contributed by atoms with Crippen LogP contribution < -0.4 is 16.4 Å². The molecule has 0 saturated heterocycles. The molecule has 2 unspecified atom stereocenters. The number of fused-ring (bicyclic) bond motifs is 1. The summed E-state index contributed by atoms with van der Waals surface area (Å²) in [4.78, 5) is 24.0. The van der Waals surface area contributed by atoms with Gasteiger partial charge in [-0.3, -0.25) is 4.79 Å². The van der Waals surface area contributed by atoms with Gasteiger partial charge in [-0.05, 0) is 53.3 Å². The number of benzene rings is 3. The molecule has 42 heavy (non-hydrogen) atoms. The number of carbonyl (C=O) groups is 2. The average molecular weight is 603 g/mol. The number of amides is 2. The summed E-state index contributed by atoms with van der Waals surface area (Å²) in [5.74, 6) is -1.38. The molecule has 10 nitrogen and oxygen atoms in total. The van der Waals surface area contributed by atoms with Crippen molar-refractivity contribution in [1.82, 2.24) is 14.9 Å². The number of nitrogens with two attached hydrogens (primary N) is 1. The number of nitrogen functional groups attached to an aromatic ring is 1. The lowest BCUT2D eigenvalue weighted by Gasteiger charge is -2.31. The number of aliphatic hydroxyl groups is 1. The third-order valence-corrected chi connectivity index (χ3v) is 8.79. The highest BCUT2D eigenvalue weighted by molar-refractivity contribution is 7.89. The second kappa shape index (κ2) is 14.9. The number of hydrogen-bond donors (Lipinski definition) is 5. The van der Waals surface area contributed by atoms with Gasteiger partial charge in [0.2, 0.25) is 15.9 Å². The Kier molecular flexibility index (Phi) is 11.7. The number of sulfonamides is 1. The van der Waals surface area contributed by atoms with Crippen LogP contribution in [0.15, 0.2) is 65.6 Å². The van der Waals surface area contributed by atoms with Gasteiger partial charge in [-0.15, -0.1) is 0 Å². The summed E-state index contributed by atoms with van der Waals surface area (Å²) in [6, 6.07) is 15.0. The van der Waals surface area contributed by atoms with Crippen LogP contribution in [0.3, 0.4) is 0 Å². The number of nitrogens with zero attached hydrogens (tertiary/aromatic N) is 1. The van der Waals surface area contributed by atoms with Crippen molar-refractivity contribution in [2.75, 3.05) is 25.4 Å². The number of aliphatic hydroxyl groups excluding tert-OH is 1. The first-order valence-electron chi connectivity index (χ1n) is 13.8. The fraction of sp³-hybridized carbons (Fsp3) is 0.400. The van der Waals surface area contributed by atoms with E-state index in [4.69, 9.17) is 5.73 Å². The lowest BCUT2D eigenvalue weighted by Crippen LogP contribution is -2.47. The number of carbonyl (C=O) groups excluding carboxylic acids is 1. The minimum Gasteiger partial charge on any atom is -0.465 e. The number of unbranched alkanes of at least 4 members (excludes halogenated alkanes) is 1. The van der Waals surface area contributed by atoms with E-state index in [2.05, 4.69) is 10.6 Å². The number of anilines is 1. The average Bonchev–Trinajstić information content (AvgIpc) is 2.94. The second-order valence-electron chi connectivity index (χ2n) is 10.7. The first kappa shape index (κ1) is 32.8. The summed E-state index contributed by atoms with van der Waals surface area (Å²) in [5, 5.41) is 26.4. The molecule has 0 saturated carbocycles. The zero-order valence-corrected chi connectivity index (χ0v) is 24.6. The van der Waals surface area contributed by atoms with Gasteiger partial charge in [-0.2, -0.15) is 4.31 Å². The van der Waals surface area contributed by atoms with E-state index in [1.54, 1.807) is 0 Å². The van der Waals surface area contributed by atoms with Gasteiger partial charge in [0.25, 0.3) is 0 Å². The van der Waals surface area contributed by atoms with Gasteiger partial charge in [0.15, 0.2) is 0 Å². The molecule has 6 N–H and O–H groups in total. The van der Waals surface area contributed by atoms with Gasteiger partial charge in [0, 0.05) is 25.6 Å². The minimum absolute atomic E-state index is 0.0620. The first-order chi connectivity index (χ1) is 19.9. The van der Waals surface area contributed by atoms with Crippen molar-refractivity contribution in [3.8, 4) is 0 Å². The SMILES string of the molecule is CC(C)CN(C(CO)CCCCNC(=O)C(Cc1ccc2ccccc2c1)NC(=O)O)S(=O)(=O)c1ccc(N)c(F)c1. The Morgan fingerprint density at radius 3 is 2.38 bits per heavy atom. The maximum atomic E-state index is 14.1. The van der Waals surface area contributed by atoms with Gasteiger partial charge < -0.3 is 26.6 Å². The van der Waals surface area contributed by atoms with E-state index in [-0.39, 0.29) is 36.0 Å². The van der Waals surface area contributed by atoms with E-state index in [1.165, 1.54) is 16.4 Å². The molecule has 228 valence electrons. The van der Waals surface area contributed by atoms with Crippen LogP contribution in [0.1, 0.15) is 38.7 Å². The molecule has 0 fully saturated rings. The third-order valence-electron chi connectivity index (χ3n) is 6.87. The quantitative estimate of drug-likeness (QED) is 0.131. The van der Waals surface area contributed by atoms with Crippen LogP contribution in [-0.4, -0.2) is 66.7 Å². The fourth-order valence-corrected chi connectivity index (χ4v) is 6.56. The highest BCUT2D eigenvalue weighted by Crippen LogP contribution is 2.25. The molecule has 0 bridgehead atoms. The summed E-state index contributed by atoms with van der Waals surface area (Å²) in [6.45, 7) is 3.59. The van der Waals surface area contributed by atoms with Crippen molar-refractivity contribution in [3.05, 3.63) is 72.0 Å². The van der Waals surface area contributed by atoms with E-state index in [1.807, 2.05) is 56.3 Å². The van der Waals surface area contributed by atoms with Gasteiger partial charge in [0.1, 0.15) is 11.9 Å². The predicted octanol–water partition coefficient (Wildman–Crippen LogP) is 3.73. The molecule has 0 aliphatic rings. The maximum Gasteiger partial charge on any atom is 0.405 e. The van der Waals surface area contributed by atoms with E-state index < -0.39 is 46.5 Å². The highest BCUT2D eigenvalue weighted by atomic mass is 32.2. The van der Waals surface area contributed by atoms with Gasteiger partial charge in [-0.25, -0.2) is 17.6 Å². The molecule has 0 spiro atoms. The molecule has 0 aliphatic carbocycles. The Bertz CT molecular complexity index is 1480. The largest absolute Gasteiger partial charge is 0.465 e. The molecule has 2 amide bonds. The summed E-state index contributed by atoms with van der Waals surface area (Å²) in [7, 11) is -4.13. The normalized spacial score (nSPS) is 13.3. The third kappa shape index (κ3) is 8.88. The van der Waals surface area contributed by atoms with Crippen LogP contribution in [0.2, 0.25) is 0 Å². The molecular weight excluding hydrogens is 563 g/mol. The highest BCUT2D eigenvalue weighted by Gasteiger charge is 2.32. The van der Waals surface area contributed by atoms with Gasteiger partial charge in [0.05, 0.1) is 17.2 Å². The zero-order valence-electron chi connectivity index (χ0n) is 23.8. The maximum absolute atomic E-state index is 14.1. The molecular formula is C30H39FN4O6S. The fourth-order valence-electron chi connectivity index (χ4n) is 4.73. The van der Waals surface area contributed by atoms with Crippen LogP contribution in [0.4, 0.5) is 14.9 Å². The van der Waals surface area contributed by atoms with Crippen LogP contribution in [0.25, 0.3) is 10.8 Å². The van der Waals surface area contributed by atoms with E-state index in [9.17, 15) is 32.6 Å². The summed E-state index contributed by atoms with van der Waals surface area (Å²) in [5.41, 5.74) is 6.15. The monoisotopic (exact) mass is 602 g/mol. The summed E-state index contributed by atoms with van der Waals surface area (Å²) >= 11 is 0. The molecule has 12 heteroatoms. The second-order valence-corrected chi connectivity index (χ2v) is 12.6. The van der Waals surface area contributed by atoms with Crippen molar-refractivity contribution in [3.63, 3.8) is 0 Å². The predicted molar refractivity (Wildman–Crippen MR) is 160 cm³/mol. The number of rotatable bonds is 15. The molecule has 0 aliphatic heterocycles. The lowest BCUT2D eigenvalue weighted by molar-refractivity contribution is -0.123. The molecule has 0 heterocycles. The van der Waals surface area contributed by atoms with E-state index >= 15 is 0 Å². The van der Waals surface area contributed by atoms with E-state index in [0.717, 1.165) is 22.4 Å². The number of nitrogens with one attached hydrogen (secondary N) is 2. The Hall–Kier alpha value is -3.74. The molecule has 0 aromatic heterocycles. The van der Waals surface area contributed by atoms with E-state index in [0.29, 0.717) is 19.3 Å². The molecule has 3 aromatic carbocycles. The Morgan fingerprint density at radius 2 is 1.74 bits per heavy atom. The van der Waals surface area contributed by atoms with Crippen LogP contribution in [0, 0.1) is 11.7 Å². The zero-order chi connectivity index (χ0) is 30.9. The topological polar surface area (TPSA) is 162 Å². The molecule has 3 rings (SSSR count). The van der Waals surface area contributed by atoms with Crippen LogP contribution >= 0.6 is 0 Å². The standard InChI is InChI=1S/C30H39FN4O6S/c1-20(2)18-35(42(40,41)25-12-13-27(32)26(31)17-25)24(19-36)9-5-6-14-33-29(37)28(34-30(38)39)16-21-10-11-22-7-3-4-8-23(22)15-21/h3-4,7-8,10-13,15,17,20,24,28,34,36H,5-6,9,14,16,18-19,32H2,1-2H3,(H,33,37)(H,38,39). The van der Waals surface area contributed by atoms with Crippen molar-refractivity contribution in [2.24, 2.45) is 5.92 Å². The number of halogens is 1. The lowest BCUT2D eigenvalue weighted by atomic mass is 10.0. The molecule has 2 atom stereocenters. The number of carboxylic acid groups (broad SMARTS) is 1. The van der Waals surface area contributed by atoms with Crippen LogP contribution in [0.5, 0.6) is 0 Å². The molecule has 0 radical (unpaired) electrons. The van der Waals surface area contributed by atoms with Crippen molar-refractivity contribution in [1.29, 1.82) is 0 Å². The minimum atomic E-state index is -4.13. The van der Waals surface area contributed by atoms with Crippen LogP contribution in [-0.2, 0) is 21.2 Å². The first-order valence-corrected chi connectivity index (χ1v) is 15.3. The summed E-state index contributed by atoms with van der Waals surface area (Å²) in [6.07, 6.45) is 0.0824. The van der Waals surface area contributed by atoms with Crippen molar-refractivity contribution in [2.45, 2.75) is 56.5 Å². The van der Waals surface area contributed by atoms with Gasteiger partial charge in [-0.1, -0.05) is 62.7 Å². The summed E-state index contributed by atoms with van der Waals surface area (Å²) < 4.78 is 42.0. The Balaban J connectivity index is 1.60. The Labute approximate surface area is 245 Å². The number of hydrogen-bond acceptors (Lipinski definition) is 6.